The van der Waals surface area contributed by atoms with Gasteiger partial charge < -0.3 is 0 Å². The number of thioether (sulfide) groups is 1. The third kappa shape index (κ3) is 2.90. The lowest BCUT2D eigenvalue weighted by atomic mass is 10.5. The lowest BCUT2D eigenvalue weighted by Gasteiger charge is -1.93. The van der Waals surface area contributed by atoms with Gasteiger partial charge in [-0.15, -0.1) is 0 Å². The van der Waals surface area contributed by atoms with E-state index in [9.17, 15) is 4.79 Å². The van der Waals surface area contributed by atoms with Gasteiger partial charge in [-0.05, 0) is 13.8 Å². The van der Waals surface area contributed by atoms with Crippen molar-refractivity contribution in [3.8, 4) is 0 Å². The standard InChI is InChI=1S/C6H11N3OS/c1-4(10)3-7-6-9-8-5(2)11-6/h5,8H,3H2,1-2H3,(H,7,9). The Morgan fingerprint density at radius 3 is 3.00 bits per heavy atom. The quantitative estimate of drug-likeness (QED) is 0.622. The zero-order valence-corrected chi connectivity index (χ0v) is 7.36. The van der Waals surface area contributed by atoms with Gasteiger partial charge in [-0.2, -0.15) is 0 Å². The molecule has 4 nitrogen and oxygen atoms in total. The number of nitrogens with zero attached hydrogens (tertiary/aromatic N) is 1. The molecule has 1 atom stereocenters. The van der Waals surface area contributed by atoms with Crippen molar-refractivity contribution < 1.29 is 4.79 Å². The van der Waals surface area contributed by atoms with Crippen LogP contribution in [0.3, 0.4) is 0 Å². The van der Waals surface area contributed by atoms with Crippen molar-refractivity contribution >= 4 is 22.7 Å². The van der Waals surface area contributed by atoms with E-state index < -0.39 is 0 Å². The van der Waals surface area contributed by atoms with Gasteiger partial charge in [-0.3, -0.25) is 15.2 Å². The highest BCUT2D eigenvalue weighted by atomic mass is 32.2. The van der Waals surface area contributed by atoms with Gasteiger partial charge in [0.15, 0.2) is 11.0 Å². The molecule has 0 saturated carbocycles. The fourth-order valence-electron chi connectivity index (χ4n) is 0.650. The maximum absolute atomic E-state index is 10.5. The Morgan fingerprint density at radius 2 is 2.55 bits per heavy atom. The summed E-state index contributed by atoms with van der Waals surface area (Å²) in [5.74, 6) is 0.0828. The first-order valence-corrected chi connectivity index (χ1v) is 4.28. The van der Waals surface area contributed by atoms with E-state index in [1.54, 1.807) is 11.8 Å². The second kappa shape index (κ2) is 3.73. The van der Waals surface area contributed by atoms with Gasteiger partial charge in [0.1, 0.15) is 6.54 Å². The molecule has 0 aromatic carbocycles. The van der Waals surface area contributed by atoms with Crippen molar-refractivity contribution in [1.29, 1.82) is 0 Å². The van der Waals surface area contributed by atoms with Crippen molar-refractivity contribution in [2.45, 2.75) is 19.2 Å². The Hall–Kier alpha value is -0.550. The minimum absolute atomic E-state index is 0.0828. The largest absolute Gasteiger partial charge is 0.299 e. The van der Waals surface area contributed by atoms with E-state index in [2.05, 4.69) is 15.8 Å². The first-order chi connectivity index (χ1) is 5.18. The lowest BCUT2D eigenvalue weighted by Crippen LogP contribution is -2.30. The molecule has 1 rings (SSSR count). The summed E-state index contributed by atoms with van der Waals surface area (Å²) in [6.07, 6.45) is 0. The summed E-state index contributed by atoms with van der Waals surface area (Å²) in [5, 5.41) is 1.13. The lowest BCUT2D eigenvalue weighted by molar-refractivity contribution is -0.115. The monoisotopic (exact) mass is 173 g/mol. The highest BCUT2D eigenvalue weighted by Crippen LogP contribution is 2.12. The van der Waals surface area contributed by atoms with Crippen LogP contribution < -0.4 is 10.9 Å². The van der Waals surface area contributed by atoms with Gasteiger partial charge in [0.2, 0.25) is 0 Å². The molecule has 1 aliphatic rings. The zero-order chi connectivity index (χ0) is 8.27. The molecule has 1 saturated heterocycles. The van der Waals surface area contributed by atoms with Gasteiger partial charge >= 0.3 is 0 Å². The number of carbonyl (C=O) groups excluding carboxylic acids is 1. The van der Waals surface area contributed by atoms with Gasteiger partial charge in [-0.1, -0.05) is 11.8 Å². The van der Waals surface area contributed by atoms with Crippen LogP contribution in [-0.2, 0) is 4.79 Å². The molecule has 11 heavy (non-hydrogen) atoms. The summed E-state index contributed by atoms with van der Waals surface area (Å²) in [5.41, 5.74) is 5.84. The number of hydrazine groups is 1. The predicted octanol–water partition coefficient (Wildman–Crippen LogP) is 0.118. The molecule has 1 unspecified atom stereocenters. The summed E-state index contributed by atoms with van der Waals surface area (Å²) >= 11 is 1.58. The molecule has 0 spiro atoms. The highest BCUT2D eigenvalue weighted by Gasteiger charge is 2.14. The van der Waals surface area contributed by atoms with Crippen molar-refractivity contribution in [2.24, 2.45) is 4.99 Å². The van der Waals surface area contributed by atoms with Crippen LogP contribution in [0.2, 0.25) is 0 Å². The van der Waals surface area contributed by atoms with Crippen LogP contribution in [0.5, 0.6) is 0 Å². The molecule has 1 fully saturated rings. The number of carbonyl (C=O) groups is 1. The molecule has 1 heterocycles. The molecule has 1 aliphatic heterocycles. The SMILES string of the molecule is CC(=O)CN=C1NNC(C)S1. The van der Waals surface area contributed by atoms with E-state index in [0.717, 1.165) is 5.17 Å². The van der Waals surface area contributed by atoms with E-state index in [-0.39, 0.29) is 12.3 Å². The summed E-state index contributed by atoms with van der Waals surface area (Å²) in [7, 11) is 0. The van der Waals surface area contributed by atoms with Crippen molar-refractivity contribution in [3.63, 3.8) is 0 Å². The number of nitrogens with one attached hydrogen (secondary N) is 2. The zero-order valence-electron chi connectivity index (χ0n) is 6.55. The van der Waals surface area contributed by atoms with Crippen LogP contribution in [0.15, 0.2) is 4.99 Å². The Labute approximate surface area is 69.8 Å². The van der Waals surface area contributed by atoms with Gasteiger partial charge in [0, 0.05) is 0 Å². The van der Waals surface area contributed by atoms with Crippen LogP contribution >= 0.6 is 11.8 Å². The molecule has 62 valence electrons. The minimum Gasteiger partial charge on any atom is -0.299 e. The maximum Gasteiger partial charge on any atom is 0.173 e. The molecule has 0 amide bonds. The smallest absolute Gasteiger partial charge is 0.173 e. The summed E-state index contributed by atoms with van der Waals surface area (Å²) in [6.45, 7) is 3.82. The number of Topliss-reactive ketones (excluding diaryl/α,β-unsaturated/α-hetero) is 1. The number of hydrogen-bond acceptors (Lipinski definition) is 4. The fraction of sp³-hybridized carbons (Fsp3) is 0.667. The fourth-order valence-corrected chi connectivity index (χ4v) is 1.36. The molecule has 0 aromatic rings. The predicted molar refractivity (Wildman–Crippen MR) is 46.3 cm³/mol. The van der Waals surface area contributed by atoms with E-state index in [0.29, 0.717) is 5.37 Å². The first kappa shape index (κ1) is 8.55. The van der Waals surface area contributed by atoms with E-state index in [1.165, 1.54) is 6.92 Å². The van der Waals surface area contributed by atoms with E-state index >= 15 is 0 Å². The van der Waals surface area contributed by atoms with Crippen LogP contribution in [-0.4, -0.2) is 22.9 Å². The average Bonchev–Trinajstić information content (AvgIpc) is 2.31. The molecule has 0 aromatic heterocycles. The molecule has 0 aliphatic carbocycles. The number of hydrogen-bond donors (Lipinski definition) is 2. The molecule has 0 radical (unpaired) electrons. The Balaban J connectivity index is 2.36. The third-order valence-electron chi connectivity index (χ3n) is 1.12. The second-order valence-electron chi connectivity index (χ2n) is 2.35. The topological polar surface area (TPSA) is 53.5 Å². The Bertz CT molecular complexity index is 192. The normalized spacial score (nSPS) is 27.1. The molecule has 5 heteroatoms. The highest BCUT2D eigenvalue weighted by molar-refractivity contribution is 8.14. The third-order valence-corrected chi connectivity index (χ3v) is 2.04. The van der Waals surface area contributed by atoms with E-state index in [4.69, 9.17) is 0 Å². The van der Waals surface area contributed by atoms with Crippen molar-refractivity contribution in [2.75, 3.05) is 6.54 Å². The maximum atomic E-state index is 10.5. The van der Waals surface area contributed by atoms with Crippen molar-refractivity contribution in [3.05, 3.63) is 0 Å². The van der Waals surface area contributed by atoms with Gasteiger partial charge in [0.05, 0.1) is 5.37 Å². The second-order valence-corrected chi connectivity index (χ2v) is 3.68. The summed E-state index contributed by atoms with van der Waals surface area (Å²) < 4.78 is 0. The number of amidine groups is 1. The average molecular weight is 173 g/mol. The molecule has 2 N–H and O–H groups in total. The number of ketones is 1. The first-order valence-electron chi connectivity index (χ1n) is 3.40. The Morgan fingerprint density at radius 1 is 1.82 bits per heavy atom. The molecule has 0 bridgehead atoms. The number of rotatable bonds is 2. The van der Waals surface area contributed by atoms with Crippen molar-refractivity contribution in [1.82, 2.24) is 10.9 Å². The van der Waals surface area contributed by atoms with Gasteiger partial charge in [0.25, 0.3) is 0 Å². The minimum atomic E-state index is 0.0828. The van der Waals surface area contributed by atoms with Gasteiger partial charge in [-0.25, -0.2) is 5.43 Å². The summed E-state index contributed by atoms with van der Waals surface area (Å²) in [6, 6.07) is 0. The number of aliphatic imine (C=N–C) groups is 1. The van der Waals surface area contributed by atoms with E-state index in [1.807, 2.05) is 6.92 Å². The van der Waals surface area contributed by atoms with Crippen LogP contribution in [0, 0.1) is 0 Å². The summed E-state index contributed by atoms with van der Waals surface area (Å²) in [4.78, 5) is 14.5. The molecular formula is C6H11N3OS. The molecular weight excluding hydrogens is 162 g/mol. The van der Waals surface area contributed by atoms with Crippen LogP contribution in [0.4, 0.5) is 0 Å². The van der Waals surface area contributed by atoms with Crippen LogP contribution in [0.1, 0.15) is 13.8 Å². The Kier molecular flexibility index (Phi) is 2.90. The van der Waals surface area contributed by atoms with Crippen LogP contribution in [0.25, 0.3) is 0 Å².